The first kappa shape index (κ1) is 11.0. The Morgan fingerprint density at radius 3 is 2.69 bits per heavy atom. The summed E-state index contributed by atoms with van der Waals surface area (Å²) in [4.78, 5) is 11.4. The van der Waals surface area contributed by atoms with Gasteiger partial charge in [-0.2, -0.15) is 0 Å². The van der Waals surface area contributed by atoms with Crippen molar-refractivity contribution in [2.75, 3.05) is 18.4 Å². The Morgan fingerprint density at radius 2 is 2.12 bits per heavy atom. The highest BCUT2D eigenvalue weighted by molar-refractivity contribution is 5.83. The normalized spacial score (nSPS) is 25.0. The largest absolute Gasteiger partial charge is 0.479 e. The summed E-state index contributed by atoms with van der Waals surface area (Å²) in [6.45, 7) is 1.36. The molecule has 0 amide bonds. The molecule has 1 aromatic rings. The van der Waals surface area contributed by atoms with Gasteiger partial charge in [0.05, 0.1) is 0 Å². The van der Waals surface area contributed by atoms with Crippen LogP contribution >= 0.6 is 0 Å². The zero-order chi connectivity index (χ0) is 11.4. The van der Waals surface area contributed by atoms with E-state index >= 15 is 0 Å². The van der Waals surface area contributed by atoms with Gasteiger partial charge in [0, 0.05) is 12.2 Å². The van der Waals surface area contributed by atoms with Gasteiger partial charge in [0.25, 0.3) is 0 Å². The molecule has 1 saturated heterocycles. The van der Waals surface area contributed by atoms with Crippen molar-refractivity contribution in [2.45, 2.75) is 18.4 Å². The van der Waals surface area contributed by atoms with E-state index in [9.17, 15) is 9.90 Å². The van der Waals surface area contributed by atoms with Crippen LogP contribution in [0.5, 0.6) is 0 Å². The van der Waals surface area contributed by atoms with Crippen LogP contribution in [-0.2, 0) is 4.79 Å². The first-order chi connectivity index (χ1) is 7.73. The third-order valence-electron chi connectivity index (χ3n) is 2.95. The number of carbonyl (C=O) groups is 1. The predicted molar refractivity (Wildman–Crippen MR) is 62.5 cm³/mol. The van der Waals surface area contributed by atoms with Gasteiger partial charge < -0.3 is 15.7 Å². The number of rotatable bonds is 3. The number of anilines is 1. The van der Waals surface area contributed by atoms with Crippen LogP contribution < -0.4 is 10.6 Å². The fraction of sp³-hybridized carbons (Fsp3) is 0.417. The summed E-state index contributed by atoms with van der Waals surface area (Å²) in [5.74, 6) is -0.788. The van der Waals surface area contributed by atoms with Gasteiger partial charge in [0.1, 0.15) is 5.54 Å². The number of carboxylic acid groups (broad SMARTS) is 1. The monoisotopic (exact) mass is 220 g/mol. The molecule has 0 radical (unpaired) electrons. The molecule has 2 rings (SSSR count). The zero-order valence-corrected chi connectivity index (χ0v) is 9.07. The maximum absolute atomic E-state index is 11.4. The maximum Gasteiger partial charge on any atom is 0.330 e. The van der Waals surface area contributed by atoms with Crippen LogP contribution in [0, 0.1) is 0 Å². The summed E-state index contributed by atoms with van der Waals surface area (Å²) >= 11 is 0. The van der Waals surface area contributed by atoms with Crippen molar-refractivity contribution in [1.82, 2.24) is 5.32 Å². The lowest BCUT2D eigenvalue weighted by atomic mass is 9.90. The van der Waals surface area contributed by atoms with E-state index in [1.807, 2.05) is 30.3 Å². The number of piperidine rings is 1. The van der Waals surface area contributed by atoms with E-state index in [-0.39, 0.29) is 0 Å². The van der Waals surface area contributed by atoms with Gasteiger partial charge in [0.2, 0.25) is 0 Å². The van der Waals surface area contributed by atoms with Crippen LogP contribution in [0.1, 0.15) is 12.8 Å². The van der Waals surface area contributed by atoms with Crippen molar-refractivity contribution in [1.29, 1.82) is 0 Å². The topological polar surface area (TPSA) is 61.4 Å². The zero-order valence-electron chi connectivity index (χ0n) is 9.07. The Morgan fingerprint density at radius 1 is 1.38 bits per heavy atom. The SMILES string of the molecule is O=C(O)C1(Nc2ccccc2)CCCNC1. The van der Waals surface area contributed by atoms with Gasteiger partial charge in [-0.15, -0.1) is 0 Å². The minimum Gasteiger partial charge on any atom is -0.479 e. The lowest BCUT2D eigenvalue weighted by Crippen LogP contribution is -2.56. The van der Waals surface area contributed by atoms with Crippen molar-refractivity contribution >= 4 is 11.7 Å². The Labute approximate surface area is 94.7 Å². The lowest BCUT2D eigenvalue weighted by molar-refractivity contribution is -0.142. The average Bonchev–Trinajstić information content (AvgIpc) is 2.31. The fourth-order valence-electron chi connectivity index (χ4n) is 2.05. The Kier molecular flexibility index (Phi) is 3.10. The summed E-state index contributed by atoms with van der Waals surface area (Å²) in [7, 11) is 0. The van der Waals surface area contributed by atoms with Crippen LogP contribution in [0.15, 0.2) is 30.3 Å². The standard InChI is InChI=1S/C12H16N2O2/c15-11(16)12(7-4-8-13-9-12)14-10-5-2-1-3-6-10/h1-3,5-6,13-14H,4,7-9H2,(H,15,16). The molecule has 4 heteroatoms. The smallest absolute Gasteiger partial charge is 0.330 e. The highest BCUT2D eigenvalue weighted by atomic mass is 16.4. The van der Waals surface area contributed by atoms with Gasteiger partial charge in [-0.25, -0.2) is 4.79 Å². The molecule has 1 fully saturated rings. The molecular weight excluding hydrogens is 204 g/mol. The summed E-state index contributed by atoms with van der Waals surface area (Å²) in [6.07, 6.45) is 1.54. The third kappa shape index (κ3) is 2.17. The molecule has 1 aliphatic heterocycles. The van der Waals surface area contributed by atoms with Crippen molar-refractivity contribution in [3.63, 3.8) is 0 Å². The minimum atomic E-state index is -0.862. The Balaban J connectivity index is 2.17. The molecule has 4 nitrogen and oxygen atoms in total. The molecule has 1 aromatic carbocycles. The van der Waals surface area contributed by atoms with E-state index in [0.29, 0.717) is 13.0 Å². The second-order valence-corrected chi connectivity index (χ2v) is 4.16. The van der Waals surface area contributed by atoms with Crippen LogP contribution in [-0.4, -0.2) is 29.7 Å². The van der Waals surface area contributed by atoms with Gasteiger partial charge in [-0.1, -0.05) is 18.2 Å². The van der Waals surface area contributed by atoms with Crippen molar-refractivity contribution in [2.24, 2.45) is 0 Å². The quantitative estimate of drug-likeness (QED) is 0.718. The number of aliphatic carboxylic acids is 1. The van der Waals surface area contributed by atoms with Gasteiger partial charge >= 0.3 is 5.97 Å². The van der Waals surface area contributed by atoms with E-state index in [0.717, 1.165) is 18.7 Å². The van der Waals surface area contributed by atoms with Crippen LogP contribution in [0.25, 0.3) is 0 Å². The number of benzene rings is 1. The minimum absolute atomic E-state index is 0.469. The fourth-order valence-corrected chi connectivity index (χ4v) is 2.05. The summed E-state index contributed by atoms with van der Waals surface area (Å²) in [5, 5.41) is 15.6. The predicted octanol–water partition coefficient (Wildman–Crippen LogP) is 1.31. The van der Waals surface area contributed by atoms with Gasteiger partial charge in [-0.05, 0) is 31.5 Å². The average molecular weight is 220 g/mol. The van der Waals surface area contributed by atoms with Crippen molar-refractivity contribution in [3.05, 3.63) is 30.3 Å². The molecule has 3 N–H and O–H groups in total. The number of carboxylic acids is 1. The second kappa shape index (κ2) is 4.53. The number of nitrogens with one attached hydrogen (secondary N) is 2. The molecule has 16 heavy (non-hydrogen) atoms. The van der Waals surface area contributed by atoms with E-state index in [1.54, 1.807) is 0 Å². The molecule has 0 bridgehead atoms. The molecule has 1 unspecified atom stereocenters. The Hall–Kier alpha value is -1.55. The molecule has 0 saturated carbocycles. The first-order valence-corrected chi connectivity index (χ1v) is 5.50. The summed E-state index contributed by atoms with van der Waals surface area (Å²) in [5.41, 5.74) is -0.00632. The maximum atomic E-state index is 11.4. The number of hydrogen-bond acceptors (Lipinski definition) is 3. The van der Waals surface area contributed by atoms with E-state index in [1.165, 1.54) is 0 Å². The van der Waals surface area contributed by atoms with Crippen LogP contribution in [0.3, 0.4) is 0 Å². The number of hydrogen-bond donors (Lipinski definition) is 3. The molecule has 0 aliphatic carbocycles. The van der Waals surface area contributed by atoms with E-state index < -0.39 is 11.5 Å². The lowest BCUT2D eigenvalue weighted by Gasteiger charge is -2.35. The molecular formula is C12H16N2O2. The van der Waals surface area contributed by atoms with Gasteiger partial charge in [-0.3, -0.25) is 0 Å². The molecule has 1 atom stereocenters. The molecule has 0 spiro atoms. The molecule has 86 valence electrons. The molecule has 1 aliphatic rings. The van der Waals surface area contributed by atoms with Crippen LogP contribution in [0.4, 0.5) is 5.69 Å². The van der Waals surface area contributed by atoms with Crippen molar-refractivity contribution in [3.8, 4) is 0 Å². The third-order valence-corrected chi connectivity index (χ3v) is 2.95. The molecule has 0 aromatic heterocycles. The summed E-state index contributed by atoms with van der Waals surface area (Å²) < 4.78 is 0. The molecule has 1 heterocycles. The highest BCUT2D eigenvalue weighted by Crippen LogP contribution is 2.22. The van der Waals surface area contributed by atoms with E-state index in [4.69, 9.17) is 0 Å². The van der Waals surface area contributed by atoms with Gasteiger partial charge in [0.15, 0.2) is 0 Å². The Bertz CT molecular complexity index is 359. The highest BCUT2D eigenvalue weighted by Gasteiger charge is 2.39. The first-order valence-electron chi connectivity index (χ1n) is 5.50. The van der Waals surface area contributed by atoms with E-state index in [2.05, 4.69) is 10.6 Å². The number of para-hydroxylation sites is 1. The summed E-state index contributed by atoms with van der Waals surface area (Å²) in [6, 6.07) is 9.48. The van der Waals surface area contributed by atoms with Crippen molar-refractivity contribution < 1.29 is 9.90 Å². The second-order valence-electron chi connectivity index (χ2n) is 4.16. The van der Waals surface area contributed by atoms with Crippen LogP contribution in [0.2, 0.25) is 0 Å².